The molecule has 104 valence electrons. The minimum atomic E-state index is -0.464. The van der Waals surface area contributed by atoms with Gasteiger partial charge in [-0.3, -0.25) is 4.79 Å². The molecule has 2 aromatic rings. The number of carbonyl (C=O) groups excluding carboxylic acids is 1. The van der Waals surface area contributed by atoms with Crippen molar-refractivity contribution in [3.05, 3.63) is 63.4 Å². The summed E-state index contributed by atoms with van der Waals surface area (Å²) in [5.74, 6) is 0.0386. The average molecular weight is 293 g/mol. The standard InChI is InChI=1S/C16H14ClFO2/c1-9-7-15(20-3)10(2)6-13(9)16(19)12-5-4-11(18)8-14(12)17/h4-8H,1-3H3. The van der Waals surface area contributed by atoms with Gasteiger partial charge in [0, 0.05) is 11.1 Å². The lowest BCUT2D eigenvalue weighted by molar-refractivity contribution is 0.103. The van der Waals surface area contributed by atoms with Crippen molar-refractivity contribution < 1.29 is 13.9 Å². The molecule has 0 aliphatic heterocycles. The summed E-state index contributed by atoms with van der Waals surface area (Å²) in [4.78, 5) is 12.5. The van der Waals surface area contributed by atoms with E-state index in [9.17, 15) is 9.18 Å². The molecule has 2 nitrogen and oxygen atoms in total. The van der Waals surface area contributed by atoms with E-state index in [0.29, 0.717) is 11.1 Å². The highest BCUT2D eigenvalue weighted by Gasteiger charge is 2.17. The van der Waals surface area contributed by atoms with Crippen LogP contribution in [0.1, 0.15) is 27.0 Å². The minimum absolute atomic E-state index is 0.114. The van der Waals surface area contributed by atoms with Crippen molar-refractivity contribution in [1.29, 1.82) is 0 Å². The second kappa shape index (κ2) is 5.63. The molecule has 0 fully saturated rings. The van der Waals surface area contributed by atoms with Crippen molar-refractivity contribution in [2.45, 2.75) is 13.8 Å². The van der Waals surface area contributed by atoms with Crippen LogP contribution in [-0.2, 0) is 0 Å². The van der Waals surface area contributed by atoms with Crippen molar-refractivity contribution in [2.24, 2.45) is 0 Å². The molecule has 0 atom stereocenters. The summed E-state index contributed by atoms with van der Waals surface area (Å²) in [7, 11) is 1.58. The van der Waals surface area contributed by atoms with Gasteiger partial charge in [0.25, 0.3) is 0 Å². The molecule has 0 saturated carbocycles. The highest BCUT2D eigenvalue weighted by Crippen LogP contribution is 2.27. The SMILES string of the molecule is COc1cc(C)c(C(=O)c2ccc(F)cc2Cl)cc1C. The van der Waals surface area contributed by atoms with Crippen LogP contribution in [0.5, 0.6) is 5.75 Å². The van der Waals surface area contributed by atoms with E-state index in [1.807, 2.05) is 13.8 Å². The van der Waals surface area contributed by atoms with Gasteiger partial charge in [0.2, 0.25) is 0 Å². The van der Waals surface area contributed by atoms with E-state index in [2.05, 4.69) is 0 Å². The van der Waals surface area contributed by atoms with Crippen molar-refractivity contribution in [1.82, 2.24) is 0 Å². The van der Waals surface area contributed by atoms with Crippen molar-refractivity contribution in [3.63, 3.8) is 0 Å². The summed E-state index contributed by atoms with van der Waals surface area (Å²) in [6.45, 7) is 3.69. The molecule has 0 heterocycles. The number of halogens is 2. The van der Waals surface area contributed by atoms with E-state index in [0.717, 1.165) is 22.9 Å². The van der Waals surface area contributed by atoms with E-state index in [-0.39, 0.29) is 10.8 Å². The highest BCUT2D eigenvalue weighted by atomic mass is 35.5. The van der Waals surface area contributed by atoms with Gasteiger partial charge in [0.15, 0.2) is 5.78 Å². The maximum absolute atomic E-state index is 13.0. The van der Waals surface area contributed by atoms with Gasteiger partial charge in [-0.15, -0.1) is 0 Å². The van der Waals surface area contributed by atoms with Gasteiger partial charge in [-0.05, 0) is 55.3 Å². The molecule has 0 bridgehead atoms. The predicted molar refractivity (Wildman–Crippen MR) is 77.3 cm³/mol. The van der Waals surface area contributed by atoms with Gasteiger partial charge in [-0.2, -0.15) is 0 Å². The Morgan fingerprint density at radius 2 is 1.80 bits per heavy atom. The van der Waals surface area contributed by atoms with Crippen LogP contribution in [0, 0.1) is 19.7 Å². The van der Waals surface area contributed by atoms with Crippen LogP contribution in [0.3, 0.4) is 0 Å². The monoisotopic (exact) mass is 292 g/mol. The normalized spacial score (nSPS) is 10.4. The van der Waals surface area contributed by atoms with Gasteiger partial charge in [-0.1, -0.05) is 11.6 Å². The number of ether oxygens (including phenoxy) is 1. The molecule has 0 amide bonds. The van der Waals surface area contributed by atoms with E-state index in [1.54, 1.807) is 19.2 Å². The minimum Gasteiger partial charge on any atom is -0.496 e. The molecule has 0 N–H and O–H groups in total. The lowest BCUT2D eigenvalue weighted by Gasteiger charge is -2.11. The van der Waals surface area contributed by atoms with Crippen LogP contribution in [0.25, 0.3) is 0 Å². The summed E-state index contributed by atoms with van der Waals surface area (Å²) in [6, 6.07) is 7.33. The number of benzene rings is 2. The van der Waals surface area contributed by atoms with E-state index < -0.39 is 5.82 Å². The number of carbonyl (C=O) groups is 1. The van der Waals surface area contributed by atoms with Crippen molar-refractivity contribution in [3.8, 4) is 5.75 Å². The summed E-state index contributed by atoms with van der Waals surface area (Å²) < 4.78 is 18.3. The smallest absolute Gasteiger partial charge is 0.194 e. The zero-order valence-corrected chi connectivity index (χ0v) is 12.2. The topological polar surface area (TPSA) is 26.3 Å². The molecule has 4 heteroatoms. The number of hydrogen-bond donors (Lipinski definition) is 0. The molecule has 20 heavy (non-hydrogen) atoms. The fourth-order valence-corrected chi connectivity index (χ4v) is 2.33. The fraction of sp³-hybridized carbons (Fsp3) is 0.188. The zero-order valence-electron chi connectivity index (χ0n) is 11.5. The summed E-state index contributed by atoms with van der Waals surface area (Å²) in [5, 5.41) is 0.114. The summed E-state index contributed by atoms with van der Waals surface area (Å²) in [6.07, 6.45) is 0. The molecule has 0 radical (unpaired) electrons. The Bertz CT molecular complexity index is 680. The Morgan fingerprint density at radius 3 is 2.40 bits per heavy atom. The lowest BCUT2D eigenvalue weighted by Crippen LogP contribution is -2.06. The first-order valence-electron chi connectivity index (χ1n) is 6.09. The van der Waals surface area contributed by atoms with Gasteiger partial charge in [0.05, 0.1) is 12.1 Å². The zero-order chi connectivity index (χ0) is 14.9. The molecule has 0 aliphatic carbocycles. The van der Waals surface area contributed by atoms with Crippen LogP contribution in [0.2, 0.25) is 5.02 Å². The Labute approximate surface area is 122 Å². The van der Waals surface area contributed by atoms with Crippen LogP contribution in [-0.4, -0.2) is 12.9 Å². The average Bonchev–Trinajstić information content (AvgIpc) is 2.40. The van der Waals surface area contributed by atoms with Gasteiger partial charge < -0.3 is 4.74 Å². The highest BCUT2D eigenvalue weighted by molar-refractivity contribution is 6.35. The number of methoxy groups -OCH3 is 1. The maximum Gasteiger partial charge on any atom is 0.194 e. The van der Waals surface area contributed by atoms with Crippen LogP contribution < -0.4 is 4.74 Å². The van der Waals surface area contributed by atoms with Gasteiger partial charge >= 0.3 is 0 Å². The third-order valence-corrected chi connectivity index (χ3v) is 3.47. The fourth-order valence-electron chi connectivity index (χ4n) is 2.07. The quantitative estimate of drug-likeness (QED) is 0.787. The van der Waals surface area contributed by atoms with Gasteiger partial charge in [0.1, 0.15) is 11.6 Å². The third-order valence-electron chi connectivity index (χ3n) is 3.16. The van der Waals surface area contributed by atoms with Crippen molar-refractivity contribution >= 4 is 17.4 Å². The molecular formula is C16H14ClFO2. The first-order chi connectivity index (χ1) is 9.43. The largest absolute Gasteiger partial charge is 0.496 e. The Kier molecular flexibility index (Phi) is 4.09. The predicted octanol–water partition coefficient (Wildman–Crippen LogP) is 4.34. The molecule has 2 aromatic carbocycles. The maximum atomic E-state index is 13.0. The van der Waals surface area contributed by atoms with Crippen LogP contribution in [0.4, 0.5) is 4.39 Å². The van der Waals surface area contributed by atoms with Crippen LogP contribution >= 0.6 is 11.6 Å². The number of hydrogen-bond acceptors (Lipinski definition) is 2. The summed E-state index contributed by atoms with van der Waals surface area (Å²) >= 11 is 5.94. The van der Waals surface area contributed by atoms with Crippen LogP contribution in [0.15, 0.2) is 30.3 Å². The molecule has 0 saturated heterocycles. The number of rotatable bonds is 3. The van der Waals surface area contributed by atoms with Gasteiger partial charge in [-0.25, -0.2) is 4.39 Å². The molecule has 0 aromatic heterocycles. The number of ketones is 1. The Balaban J connectivity index is 2.51. The second-order valence-electron chi connectivity index (χ2n) is 4.59. The third kappa shape index (κ3) is 2.68. The van der Waals surface area contributed by atoms with E-state index >= 15 is 0 Å². The Morgan fingerprint density at radius 1 is 1.10 bits per heavy atom. The first-order valence-corrected chi connectivity index (χ1v) is 6.47. The first kappa shape index (κ1) is 14.5. The number of aryl methyl sites for hydroxylation is 2. The van der Waals surface area contributed by atoms with E-state index in [1.165, 1.54) is 12.1 Å². The Hall–Kier alpha value is -1.87. The molecule has 0 spiro atoms. The second-order valence-corrected chi connectivity index (χ2v) is 5.00. The van der Waals surface area contributed by atoms with Crippen molar-refractivity contribution in [2.75, 3.05) is 7.11 Å². The molecule has 2 rings (SSSR count). The summed E-state index contributed by atoms with van der Waals surface area (Å²) in [5.41, 5.74) is 2.48. The molecule has 0 aliphatic rings. The van der Waals surface area contributed by atoms with E-state index in [4.69, 9.17) is 16.3 Å². The lowest BCUT2D eigenvalue weighted by atomic mass is 9.96. The molecular weight excluding hydrogens is 279 g/mol. The molecule has 0 unspecified atom stereocenters.